The molecule has 3 heteroatoms. The molecule has 1 N–H and O–H groups in total. The number of rotatable bonds is 4. The number of aliphatic hydroxyl groups excluding tert-OH is 1. The van der Waals surface area contributed by atoms with Gasteiger partial charge in [0.15, 0.2) is 0 Å². The van der Waals surface area contributed by atoms with Crippen LogP contribution < -0.4 is 0 Å². The molecule has 1 aromatic carbocycles. The number of hydrogen-bond acceptors (Lipinski definition) is 3. The predicted octanol–water partition coefficient (Wildman–Crippen LogP) is 2.87. The molecule has 0 spiro atoms. The first-order valence-corrected chi connectivity index (χ1v) is 5.98. The summed E-state index contributed by atoms with van der Waals surface area (Å²) in [4.78, 5) is 11.5. The second-order valence-electron chi connectivity index (χ2n) is 5.13. The van der Waals surface area contributed by atoms with Gasteiger partial charge < -0.3 is 9.84 Å². The van der Waals surface area contributed by atoms with Gasteiger partial charge >= 0.3 is 5.97 Å². The van der Waals surface area contributed by atoms with Crippen LogP contribution >= 0.6 is 0 Å². The molecule has 0 radical (unpaired) electrons. The quantitative estimate of drug-likeness (QED) is 0.658. The summed E-state index contributed by atoms with van der Waals surface area (Å²) in [6.45, 7) is 5.59. The van der Waals surface area contributed by atoms with Crippen molar-refractivity contribution in [2.45, 2.75) is 26.9 Å². The highest BCUT2D eigenvalue weighted by atomic mass is 16.5. The second-order valence-corrected chi connectivity index (χ2v) is 5.13. The number of esters is 1. The normalized spacial score (nSPS) is 13.6. The lowest BCUT2D eigenvalue weighted by Crippen LogP contribution is -2.22. The lowest BCUT2D eigenvalue weighted by Gasteiger charge is -2.15. The maximum Gasteiger partial charge on any atom is 0.311 e. The summed E-state index contributed by atoms with van der Waals surface area (Å²) in [5.74, 6) is -0.249. The first-order chi connectivity index (χ1) is 8.41. The van der Waals surface area contributed by atoms with Crippen LogP contribution in [0.4, 0.5) is 0 Å². The van der Waals surface area contributed by atoms with E-state index in [1.807, 2.05) is 30.3 Å². The zero-order valence-corrected chi connectivity index (χ0v) is 11.1. The summed E-state index contributed by atoms with van der Waals surface area (Å²) in [6.07, 6.45) is 2.60. The molecule has 1 unspecified atom stereocenters. The van der Waals surface area contributed by atoms with E-state index in [9.17, 15) is 9.90 Å². The fourth-order valence-electron chi connectivity index (χ4n) is 1.29. The Hall–Kier alpha value is -1.61. The molecule has 0 saturated heterocycles. The number of hydrogen-bond donors (Lipinski definition) is 1. The molecule has 0 bridgehead atoms. The van der Waals surface area contributed by atoms with Crippen molar-refractivity contribution in [2.24, 2.45) is 5.41 Å². The Morgan fingerprint density at radius 3 is 2.50 bits per heavy atom. The lowest BCUT2D eigenvalue weighted by atomic mass is 9.97. The molecule has 18 heavy (non-hydrogen) atoms. The first kappa shape index (κ1) is 14.5. The number of carbonyl (C=O) groups is 1. The van der Waals surface area contributed by atoms with Gasteiger partial charge in [0.2, 0.25) is 0 Å². The first-order valence-electron chi connectivity index (χ1n) is 5.98. The molecule has 0 amide bonds. The van der Waals surface area contributed by atoms with Gasteiger partial charge in [-0.05, 0) is 32.4 Å². The van der Waals surface area contributed by atoms with Gasteiger partial charge in [-0.3, -0.25) is 4.79 Å². The molecule has 0 heterocycles. The van der Waals surface area contributed by atoms with Gasteiger partial charge in [0.1, 0.15) is 6.61 Å². The van der Waals surface area contributed by atoms with Crippen LogP contribution in [-0.4, -0.2) is 17.7 Å². The van der Waals surface area contributed by atoms with E-state index in [-0.39, 0.29) is 12.6 Å². The van der Waals surface area contributed by atoms with Crippen LogP contribution in [0.2, 0.25) is 0 Å². The Bertz CT molecular complexity index is 401. The number of ether oxygens (including phenoxy) is 1. The van der Waals surface area contributed by atoms with E-state index in [4.69, 9.17) is 4.74 Å². The average Bonchev–Trinajstić information content (AvgIpc) is 2.34. The zero-order chi connectivity index (χ0) is 13.6. The van der Waals surface area contributed by atoms with Gasteiger partial charge in [-0.2, -0.15) is 0 Å². The van der Waals surface area contributed by atoms with Crippen LogP contribution in [-0.2, 0) is 9.53 Å². The second kappa shape index (κ2) is 6.36. The standard InChI is InChI=1S/C15H20O3/c1-15(2,3)14(17)18-11-7-10-13(16)12-8-5-4-6-9-12/h4-10,13,16H,11H2,1-3H3/b10-7+. The number of benzene rings is 1. The van der Waals surface area contributed by atoms with Crippen molar-refractivity contribution in [1.29, 1.82) is 0 Å². The Morgan fingerprint density at radius 1 is 1.33 bits per heavy atom. The van der Waals surface area contributed by atoms with Crippen molar-refractivity contribution in [1.82, 2.24) is 0 Å². The summed E-state index contributed by atoms with van der Waals surface area (Å²) in [5.41, 5.74) is 0.321. The molecular weight excluding hydrogens is 228 g/mol. The third-order valence-corrected chi connectivity index (χ3v) is 2.38. The van der Waals surface area contributed by atoms with E-state index in [0.717, 1.165) is 5.56 Å². The van der Waals surface area contributed by atoms with Crippen molar-refractivity contribution in [3.8, 4) is 0 Å². The van der Waals surface area contributed by atoms with Gasteiger partial charge in [0.25, 0.3) is 0 Å². The van der Waals surface area contributed by atoms with E-state index in [2.05, 4.69) is 0 Å². The summed E-state index contributed by atoms with van der Waals surface area (Å²) >= 11 is 0. The maximum absolute atomic E-state index is 11.5. The molecule has 3 nitrogen and oxygen atoms in total. The highest BCUT2D eigenvalue weighted by molar-refractivity contribution is 5.75. The predicted molar refractivity (Wildman–Crippen MR) is 71.0 cm³/mol. The summed E-state index contributed by atoms with van der Waals surface area (Å²) in [7, 11) is 0. The summed E-state index contributed by atoms with van der Waals surface area (Å²) in [5, 5.41) is 9.82. The molecule has 0 fully saturated rings. The van der Waals surface area contributed by atoms with Gasteiger partial charge in [-0.25, -0.2) is 0 Å². The van der Waals surface area contributed by atoms with Crippen LogP contribution in [0.25, 0.3) is 0 Å². The van der Waals surface area contributed by atoms with Crippen LogP contribution in [0.15, 0.2) is 42.5 Å². The third-order valence-electron chi connectivity index (χ3n) is 2.38. The Labute approximate surface area is 108 Å². The number of carbonyl (C=O) groups excluding carboxylic acids is 1. The molecule has 1 rings (SSSR count). The average molecular weight is 248 g/mol. The molecule has 0 aliphatic heterocycles. The largest absolute Gasteiger partial charge is 0.461 e. The zero-order valence-electron chi connectivity index (χ0n) is 11.1. The van der Waals surface area contributed by atoms with Gasteiger partial charge in [0.05, 0.1) is 11.5 Å². The molecule has 98 valence electrons. The topological polar surface area (TPSA) is 46.5 Å². The van der Waals surface area contributed by atoms with Crippen LogP contribution in [0, 0.1) is 5.41 Å². The Kier molecular flexibility index (Phi) is 5.10. The van der Waals surface area contributed by atoms with Crippen LogP contribution in [0.5, 0.6) is 0 Å². The van der Waals surface area contributed by atoms with E-state index < -0.39 is 11.5 Å². The minimum atomic E-state index is -0.667. The Morgan fingerprint density at radius 2 is 1.94 bits per heavy atom. The highest BCUT2D eigenvalue weighted by Gasteiger charge is 2.22. The van der Waals surface area contributed by atoms with Crippen molar-refractivity contribution < 1.29 is 14.6 Å². The van der Waals surface area contributed by atoms with Crippen molar-refractivity contribution in [3.05, 3.63) is 48.0 Å². The summed E-state index contributed by atoms with van der Waals surface area (Å²) < 4.78 is 5.06. The van der Waals surface area contributed by atoms with Crippen molar-refractivity contribution in [2.75, 3.05) is 6.61 Å². The fraction of sp³-hybridized carbons (Fsp3) is 0.400. The maximum atomic E-state index is 11.5. The van der Waals surface area contributed by atoms with Gasteiger partial charge in [-0.1, -0.05) is 36.4 Å². The Balaban J connectivity index is 2.40. The molecule has 1 aromatic rings. The SMILES string of the molecule is CC(C)(C)C(=O)OC/C=C/C(O)c1ccccc1. The van der Waals surface area contributed by atoms with Crippen LogP contribution in [0.1, 0.15) is 32.4 Å². The summed E-state index contributed by atoms with van der Waals surface area (Å²) in [6, 6.07) is 9.31. The molecule has 0 saturated carbocycles. The van der Waals surface area contributed by atoms with E-state index in [1.165, 1.54) is 0 Å². The smallest absolute Gasteiger partial charge is 0.311 e. The van der Waals surface area contributed by atoms with Crippen molar-refractivity contribution >= 4 is 5.97 Å². The van der Waals surface area contributed by atoms with E-state index in [1.54, 1.807) is 32.9 Å². The lowest BCUT2D eigenvalue weighted by molar-refractivity contribution is -0.151. The molecule has 0 aromatic heterocycles. The number of aliphatic hydroxyl groups is 1. The molecular formula is C15H20O3. The third kappa shape index (κ3) is 4.72. The monoisotopic (exact) mass is 248 g/mol. The fourth-order valence-corrected chi connectivity index (χ4v) is 1.29. The van der Waals surface area contributed by atoms with Crippen molar-refractivity contribution in [3.63, 3.8) is 0 Å². The molecule has 0 aliphatic rings. The minimum Gasteiger partial charge on any atom is -0.461 e. The molecule has 1 atom stereocenters. The van der Waals surface area contributed by atoms with E-state index >= 15 is 0 Å². The minimum absolute atomic E-state index is 0.181. The van der Waals surface area contributed by atoms with Gasteiger partial charge in [0, 0.05) is 0 Å². The van der Waals surface area contributed by atoms with Gasteiger partial charge in [-0.15, -0.1) is 0 Å². The molecule has 0 aliphatic carbocycles. The van der Waals surface area contributed by atoms with E-state index in [0.29, 0.717) is 0 Å². The highest BCUT2D eigenvalue weighted by Crippen LogP contribution is 2.15. The van der Waals surface area contributed by atoms with Crippen LogP contribution in [0.3, 0.4) is 0 Å².